The third-order valence-corrected chi connectivity index (χ3v) is 8.23. The Morgan fingerprint density at radius 2 is 1.19 bits per heavy atom. The smallest absolute Gasteiger partial charge is 0.243 e. The maximum atomic E-state index is 13.6. The molecule has 0 aromatic heterocycles. The number of nitrogens with two attached hydrogens (primary N) is 2. The fourth-order valence-electron chi connectivity index (χ4n) is 5.38. The molecule has 0 radical (unpaired) electrons. The van der Waals surface area contributed by atoms with Crippen LogP contribution in [0.1, 0.15) is 72.8 Å². The molecular formula is C37H56N6O5. The molecule has 0 saturated carbocycles. The third kappa shape index (κ3) is 13.2. The van der Waals surface area contributed by atoms with Crippen LogP contribution in [0.2, 0.25) is 0 Å². The van der Waals surface area contributed by atoms with Gasteiger partial charge in [0.1, 0.15) is 18.1 Å². The van der Waals surface area contributed by atoms with Crippen LogP contribution in [0.25, 0.3) is 11.1 Å². The molecule has 0 spiro atoms. The minimum absolute atomic E-state index is 0.0488. The Kier molecular flexibility index (Phi) is 17.0. The Bertz CT molecular complexity index is 1330. The van der Waals surface area contributed by atoms with Gasteiger partial charge in [-0.2, -0.15) is 0 Å². The van der Waals surface area contributed by atoms with E-state index < -0.39 is 47.8 Å². The number of benzene rings is 2. The van der Waals surface area contributed by atoms with E-state index in [1.54, 1.807) is 0 Å². The van der Waals surface area contributed by atoms with Crippen LogP contribution in [-0.4, -0.2) is 66.7 Å². The lowest BCUT2D eigenvalue weighted by Crippen LogP contribution is -2.59. The molecule has 11 nitrogen and oxygen atoms in total. The molecule has 0 saturated heterocycles. The number of nitrogens with one attached hydrogen (secondary N) is 4. The summed E-state index contributed by atoms with van der Waals surface area (Å²) in [4.78, 5) is 65.6. The topological polar surface area (TPSA) is 186 Å². The lowest BCUT2D eigenvalue weighted by molar-refractivity contribution is -0.135. The van der Waals surface area contributed by atoms with E-state index in [0.717, 1.165) is 16.7 Å². The van der Waals surface area contributed by atoms with Gasteiger partial charge in [-0.05, 0) is 80.6 Å². The first-order chi connectivity index (χ1) is 22.8. The summed E-state index contributed by atoms with van der Waals surface area (Å²) in [7, 11) is 0. The Labute approximate surface area is 285 Å². The number of ketones is 1. The fourth-order valence-corrected chi connectivity index (χ4v) is 5.38. The zero-order chi connectivity index (χ0) is 35.8. The first kappa shape index (κ1) is 40.1. The molecule has 2 aromatic rings. The lowest BCUT2D eigenvalue weighted by atomic mass is 9.96. The molecule has 5 atom stereocenters. The summed E-state index contributed by atoms with van der Waals surface area (Å²) in [6.45, 7) is 11.2. The van der Waals surface area contributed by atoms with Gasteiger partial charge in [-0.1, -0.05) is 89.2 Å². The number of hydrogen-bond donors (Lipinski definition) is 6. The number of carbonyl (C=O) groups excluding carboxylic acids is 5. The van der Waals surface area contributed by atoms with Crippen molar-refractivity contribution in [2.24, 2.45) is 29.2 Å². The van der Waals surface area contributed by atoms with Crippen LogP contribution in [0.3, 0.4) is 0 Å². The number of carbonyl (C=O) groups is 5. The zero-order valence-corrected chi connectivity index (χ0v) is 29.4. The van der Waals surface area contributed by atoms with Gasteiger partial charge in [0, 0.05) is 5.92 Å². The van der Waals surface area contributed by atoms with Crippen LogP contribution >= 0.6 is 0 Å². The van der Waals surface area contributed by atoms with Crippen molar-refractivity contribution in [3.8, 4) is 11.1 Å². The van der Waals surface area contributed by atoms with Crippen LogP contribution in [0.4, 0.5) is 0 Å². The predicted octanol–water partition coefficient (Wildman–Crippen LogP) is 2.85. The second-order valence-electron chi connectivity index (χ2n) is 13.3. The Balaban J connectivity index is 2.11. The van der Waals surface area contributed by atoms with Gasteiger partial charge in [-0.15, -0.1) is 0 Å². The second kappa shape index (κ2) is 20.3. The van der Waals surface area contributed by atoms with Crippen molar-refractivity contribution < 1.29 is 24.0 Å². The largest absolute Gasteiger partial charge is 0.344 e. The van der Waals surface area contributed by atoms with Gasteiger partial charge in [0.25, 0.3) is 0 Å². The van der Waals surface area contributed by atoms with Gasteiger partial charge in [0.05, 0.1) is 6.04 Å². The summed E-state index contributed by atoms with van der Waals surface area (Å²) in [5.41, 5.74) is 14.5. The Morgan fingerprint density at radius 1 is 0.625 bits per heavy atom. The Hall–Kier alpha value is -4.09. The quantitative estimate of drug-likeness (QED) is 0.126. The van der Waals surface area contributed by atoms with Crippen LogP contribution in [0.15, 0.2) is 54.6 Å². The summed E-state index contributed by atoms with van der Waals surface area (Å²) >= 11 is 0. The summed E-state index contributed by atoms with van der Waals surface area (Å²) < 4.78 is 0. The summed E-state index contributed by atoms with van der Waals surface area (Å²) in [5, 5.41) is 11.2. The molecule has 11 heteroatoms. The van der Waals surface area contributed by atoms with Gasteiger partial charge in [0.15, 0.2) is 5.78 Å². The van der Waals surface area contributed by atoms with E-state index in [2.05, 4.69) is 21.3 Å². The van der Waals surface area contributed by atoms with Gasteiger partial charge in [0.2, 0.25) is 23.6 Å². The van der Waals surface area contributed by atoms with Crippen molar-refractivity contribution in [1.29, 1.82) is 0 Å². The van der Waals surface area contributed by atoms with Gasteiger partial charge in [-0.3, -0.25) is 24.0 Å². The van der Waals surface area contributed by atoms with Crippen molar-refractivity contribution >= 4 is 29.4 Å². The SMILES string of the molecule is CC(=O)[C@H](CCN)NC(=O)[C@@H](CC(C)C)NC(=O)[C@H](CCCN)NC(=O)[C@@H](NC(=O)C(C)Cc1ccc(-c2ccccc2)cc1)C(C)C. The van der Waals surface area contributed by atoms with Gasteiger partial charge in [-0.25, -0.2) is 0 Å². The third-order valence-electron chi connectivity index (χ3n) is 8.23. The summed E-state index contributed by atoms with van der Waals surface area (Å²) in [6, 6.07) is 14.5. The normalized spacial score (nSPS) is 14.4. The first-order valence-corrected chi connectivity index (χ1v) is 17.0. The first-order valence-electron chi connectivity index (χ1n) is 17.0. The van der Waals surface area contributed by atoms with Crippen LogP contribution in [-0.2, 0) is 30.4 Å². The van der Waals surface area contributed by atoms with E-state index in [0.29, 0.717) is 25.8 Å². The monoisotopic (exact) mass is 664 g/mol. The van der Waals surface area contributed by atoms with Crippen molar-refractivity contribution in [3.05, 3.63) is 60.2 Å². The van der Waals surface area contributed by atoms with Crippen molar-refractivity contribution in [3.63, 3.8) is 0 Å². The van der Waals surface area contributed by atoms with Gasteiger partial charge >= 0.3 is 0 Å². The zero-order valence-electron chi connectivity index (χ0n) is 29.4. The van der Waals surface area contributed by atoms with E-state index in [1.807, 2.05) is 89.2 Å². The second-order valence-corrected chi connectivity index (χ2v) is 13.3. The number of amides is 4. The highest BCUT2D eigenvalue weighted by Crippen LogP contribution is 2.20. The molecule has 8 N–H and O–H groups in total. The number of Topliss-reactive ketones (excluding diaryl/α,β-unsaturated/α-hetero) is 1. The minimum Gasteiger partial charge on any atom is -0.344 e. The van der Waals surface area contributed by atoms with E-state index in [1.165, 1.54) is 6.92 Å². The van der Waals surface area contributed by atoms with Gasteiger partial charge < -0.3 is 32.7 Å². The molecule has 0 aliphatic carbocycles. The maximum Gasteiger partial charge on any atom is 0.243 e. The van der Waals surface area contributed by atoms with Crippen LogP contribution < -0.4 is 32.7 Å². The molecule has 4 amide bonds. The summed E-state index contributed by atoms with van der Waals surface area (Å²) in [5.74, 6) is -2.67. The van der Waals surface area contributed by atoms with Crippen LogP contribution in [0.5, 0.6) is 0 Å². The molecular weight excluding hydrogens is 608 g/mol. The molecule has 0 aliphatic heterocycles. The highest BCUT2D eigenvalue weighted by molar-refractivity contribution is 5.95. The predicted molar refractivity (Wildman–Crippen MR) is 189 cm³/mol. The molecule has 0 heterocycles. The minimum atomic E-state index is -0.991. The molecule has 48 heavy (non-hydrogen) atoms. The average Bonchev–Trinajstić information content (AvgIpc) is 3.04. The van der Waals surface area contributed by atoms with Crippen molar-refractivity contribution in [1.82, 2.24) is 21.3 Å². The highest BCUT2D eigenvalue weighted by Gasteiger charge is 2.32. The highest BCUT2D eigenvalue weighted by atomic mass is 16.2. The Morgan fingerprint density at radius 3 is 1.73 bits per heavy atom. The number of hydrogen-bond acceptors (Lipinski definition) is 7. The molecule has 0 fully saturated rings. The molecule has 2 rings (SSSR count). The molecule has 0 bridgehead atoms. The molecule has 264 valence electrons. The van der Waals surface area contributed by atoms with E-state index >= 15 is 0 Å². The van der Waals surface area contributed by atoms with Crippen molar-refractivity contribution in [2.75, 3.05) is 13.1 Å². The number of rotatable bonds is 20. The van der Waals surface area contributed by atoms with E-state index in [4.69, 9.17) is 11.5 Å². The molecule has 2 aromatic carbocycles. The molecule has 0 aliphatic rings. The van der Waals surface area contributed by atoms with E-state index in [9.17, 15) is 24.0 Å². The van der Waals surface area contributed by atoms with E-state index in [-0.39, 0.29) is 42.9 Å². The lowest BCUT2D eigenvalue weighted by Gasteiger charge is -2.28. The fraction of sp³-hybridized carbons (Fsp3) is 0.541. The molecule has 1 unspecified atom stereocenters. The van der Waals surface area contributed by atoms with Crippen LogP contribution in [0, 0.1) is 17.8 Å². The standard InChI is InChI=1S/C37H56N6O5/c1-23(2)21-32(36(47)40-30(18-20-39)26(6)44)42-35(46)31(13-10-19-38)41-37(48)33(24(3)4)43-34(45)25(5)22-27-14-16-29(17-15-27)28-11-8-7-9-12-28/h7-9,11-12,14-17,23-25,30-33H,10,13,18-22,38-39H2,1-6H3,(H,40,47)(H,41,48)(H,42,46)(H,43,45)/t25?,30-,31-,32+,33-/m0/s1. The summed E-state index contributed by atoms with van der Waals surface area (Å²) in [6.07, 6.45) is 1.77. The van der Waals surface area contributed by atoms with Crippen molar-refractivity contribution in [2.45, 2.75) is 97.8 Å². The maximum absolute atomic E-state index is 13.6. The average molecular weight is 665 g/mol.